The number of terminal acetylenes is 1. The van der Waals surface area contributed by atoms with Gasteiger partial charge in [-0.15, -0.1) is 6.42 Å². The summed E-state index contributed by atoms with van der Waals surface area (Å²) >= 11 is 0. The molecule has 1 unspecified atom stereocenters. The van der Waals surface area contributed by atoms with Crippen molar-refractivity contribution in [2.75, 3.05) is 7.11 Å². The van der Waals surface area contributed by atoms with Crippen LogP contribution in [0.2, 0.25) is 0 Å². The molecule has 1 aromatic rings. The number of nitrogens with zero attached hydrogens (tertiary/aromatic N) is 2. The van der Waals surface area contributed by atoms with Crippen molar-refractivity contribution in [3.8, 4) is 18.2 Å². The van der Waals surface area contributed by atoms with Crippen LogP contribution >= 0.6 is 0 Å². The zero-order valence-corrected chi connectivity index (χ0v) is 9.66. The van der Waals surface area contributed by atoms with Crippen LogP contribution in [-0.4, -0.2) is 22.9 Å². The predicted molar refractivity (Wildman–Crippen MR) is 59.6 cm³/mol. The Balaban J connectivity index is 2.80. The van der Waals surface area contributed by atoms with Gasteiger partial charge in [-0.25, -0.2) is 4.68 Å². The molecule has 4 heteroatoms. The minimum absolute atomic E-state index is 0.0503. The van der Waals surface area contributed by atoms with Crippen LogP contribution in [-0.2, 0) is 13.6 Å². The number of methoxy groups -OCH3 is 1. The van der Waals surface area contributed by atoms with Crippen molar-refractivity contribution < 1.29 is 4.74 Å². The molecule has 0 aliphatic heterocycles. The Hall–Kier alpha value is -1.47. The Morgan fingerprint density at radius 1 is 1.67 bits per heavy atom. The van der Waals surface area contributed by atoms with Gasteiger partial charge >= 0.3 is 0 Å². The molecule has 1 heterocycles. The van der Waals surface area contributed by atoms with Gasteiger partial charge in [0.1, 0.15) is 0 Å². The molecule has 0 saturated heterocycles. The lowest BCUT2D eigenvalue weighted by Gasteiger charge is -2.08. The van der Waals surface area contributed by atoms with Crippen LogP contribution in [0, 0.1) is 19.3 Å². The lowest BCUT2D eigenvalue weighted by Crippen LogP contribution is -2.23. The fourth-order valence-corrected chi connectivity index (χ4v) is 1.45. The number of aromatic nitrogens is 2. The number of hydrogen-bond acceptors (Lipinski definition) is 3. The molecule has 0 aliphatic rings. The number of rotatable bonds is 4. The second-order valence-corrected chi connectivity index (χ2v) is 3.47. The molecule has 82 valence electrons. The van der Waals surface area contributed by atoms with Gasteiger partial charge in [-0.2, -0.15) is 5.10 Å². The summed E-state index contributed by atoms with van der Waals surface area (Å²) < 4.78 is 7.00. The maximum Gasteiger partial charge on any atom is 0.216 e. The summed E-state index contributed by atoms with van der Waals surface area (Å²) in [7, 11) is 3.50. The third-order valence-electron chi connectivity index (χ3n) is 2.32. The van der Waals surface area contributed by atoms with Crippen molar-refractivity contribution in [1.29, 1.82) is 0 Å². The minimum atomic E-state index is 0.0503. The normalized spacial score (nSPS) is 12.2. The molecule has 15 heavy (non-hydrogen) atoms. The SMILES string of the molecule is C#CC(C)NCc1c(C)nn(C)c1OC. The molecule has 0 amide bonds. The van der Waals surface area contributed by atoms with E-state index >= 15 is 0 Å². The number of aryl methyl sites for hydroxylation is 2. The summed E-state index contributed by atoms with van der Waals surface area (Å²) in [5.41, 5.74) is 2.02. The number of ether oxygens (including phenoxy) is 1. The second-order valence-electron chi connectivity index (χ2n) is 3.47. The minimum Gasteiger partial charge on any atom is -0.481 e. The molecule has 0 fully saturated rings. The molecule has 1 atom stereocenters. The van der Waals surface area contributed by atoms with Crippen LogP contribution in [0.25, 0.3) is 0 Å². The summed E-state index contributed by atoms with van der Waals surface area (Å²) in [5, 5.41) is 7.49. The van der Waals surface area contributed by atoms with Gasteiger partial charge in [0.25, 0.3) is 0 Å². The van der Waals surface area contributed by atoms with E-state index in [1.165, 1.54) is 0 Å². The second kappa shape index (κ2) is 4.85. The van der Waals surface area contributed by atoms with Gasteiger partial charge in [0, 0.05) is 13.6 Å². The summed E-state index contributed by atoms with van der Waals surface area (Å²) in [5.74, 6) is 3.40. The summed E-state index contributed by atoms with van der Waals surface area (Å²) in [6.07, 6.45) is 5.29. The van der Waals surface area contributed by atoms with Gasteiger partial charge in [-0.3, -0.25) is 5.32 Å². The maximum absolute atomic E-state index is 5.29. The molecule has 1 aromatic heterocycles. The third-order valence-corrected chi connectivity index (χ3v) is 2.32. The van der Waals surface area contributed by atoms with Gasteiger partial charge < -0.3 is 4.74 Å². The van der Waals surface area contributed by atoms with Crippen molar-refractivity contribution in [3.05, 3.63) is 11.3 Å². The Bertz CT molecular complexity index is 376. The Morgan fingerprint density at radius 3 is 2.87 bits per heavy atom. The molecule has 1 rings (SSSR count). The van der Waals surface area contributed by atoms with E-state index in [2.05, 4.69) is 16.3 Å². The Morgan fingerprint density at radius 2 is 2.33 bits per heavy atom. The average Bonchev–Trinajstić information content (AvgIpc) is 2.49. The fourth-order valence-electron chi connectivity index (χ4n) is 1.45. The summed E-state index contributed by atoms with van der Waals surface area (Å²) in [4.78, 5) is 0. The van der Waals surface area contributed by atoms with E-state index in [0.29, 0.717) is 6.54 Å². The molecular formula is C11H17N3O. The third kappa shape index (κ3) is 2.51. The largest absolute Gasteiger partial charge is 0.481 e. The highest BCUT2D eigenvalue weighted by Crippen LogP contribution is 2.20. The topological polar surface area (TPSA) is 39.1 Å². The average molecular weight is 207 g/mol. The van der Waals surface area contributed by atoms with E-state index in [4.69, 9.17) is 11.2 Å². The molecular weight excluding hydrogens is 190 g/mol. The van der Waals surface area contributed by atoms with E-state index in [0.717, 1.165) is 17.1 Å². The first-order valence-corrected chi connectivity index (χ1v) is 4.86. The van der Waals surface area contributed by atoms with Gasteiger partial charge in [0.15, 0.2) is 0 Å². The van der Waals surface area contributed by atoms with Crippen LogP contribution in [0.5, 0.6) is 5.88 Å². The van der Waals surface area contributed by atoms with Crippen molar-refractivity contribution in [1.82, 2.24) is 15.1 Å². The molecule has 4 nitrogen and oxygen atoms in total. The first kappa shape index (κ1) is 11.6. The van der Waals surface area contributed by atoms with E-state index in [9.17, 15) is 0 Å². The van der Waals surface area contributed by atoms with Gasteiger partial charge in [0.05, 0.1) is 24.4 Å². The standard InChI is InChI=1S/C11H17N3O/c1-6-8(2)12-7-10-9(3)13-14(4)11(10)15-5/h1,8,12H,7H2,2-5H3. The first-order chi connectivity index (χ1) is 7.10. The number of hydrogen-bond donors (Lipinski definition) is 1. The molecule has 0 bridgehead atoms. The smallest absolute Gasteiger partial charge is 0.216 e. The highest BCUT2D eigenvalue weighted by atomic mass is 16.5. The molecule has 0 saturated carbocycles. The van der Waals surface area contributed by atoms with Crippen molar-refractivity contribution in [3.63, 3.8) is 0 Å². The van der Waals surface area contributed by atoms with E-state index < -0.39 is 0 Å². The first-order valence-electron chi connectivity index (χ1n) is 4.86. The van der Waals surface area contributed by atoms with Crippen LogP contribution in [0.4, 0.5) is 0 Å². The lowest BCUT2D eigenvalue weighted by atomic mass is 10.2. The zero-order chi connectivity index (χ0) is 11.4. The lowest BCUT2D eigenvalue weighted by molar-refractivity contribution is 0.367. The van der Waals surface area contributed by atoms with Crippen LogP contribution in [0.15, 0.2) is 0 Å². The molecule has 1 N–H and O–H groups in total. The summed E-state index contributed by atoms with van der Waals surface area (Å²) in [6, 6.07) is 0.0503. The number of nitrogens with one attached hydrogen (secondary N) is 1. The summed E-state index contributed by atoms with van der Waals surface area (Å²) in [6.45, 7) is 4.58. The predicted octanol–water partition coefficient (Wildman–Crippen LogP) is 0.848. The Labute approximate surface area is 90.6 Å². The maximum atomic E-state index is 5.29. The van der Waals surface area contributed by atoms with Gasteiger partial charge in [-0.1, -0.05) is 5.92 Å². The van der Waals surface area contributed by atoms with E-state index in [-0.39, 0.29) is 6.04 Å². The van der Waals surface area contributed by atoms with Gasteiger partial charge in [0.2, 0.25) is 5.88 Å². The van der Waals surface area contributed by atoms with Crippen molar-refractivity contribution >= 4 is 0 Å². The molecule has 0 radical (unpaired) electrons. The monoisotopic (exact) mass is 207 g/mol. The molecule has 0 aliphatic carbocycles. The quantitative estimate of drug-likeness (QED) is 0.744. The molecule has 0 aromatic carbocycles. The van der Waals surface area contributed by atoms with E-state index in [1.807, 2.05) is 20.9 Å². The van der Waals surface area contributed by atoms with Crippen LogP contribution in [0.3, 0.4) is 0 Å². The zero-order valence-electron chi connectivity index (χ0n) is 9.66. The van der Waals surface area contributed by atoms with Crippen molar-refractivity contribution in [2.45, 2.75) is 26.4 Å². The fraction of sp³-hybridized carbons (Fsp3) is 0.545. The Kier molecular flexibility index (Phi) is 3.75. The van der Waals surface area contributed by atoms with Crippen molar-refractivity contribution in [2.24, 2.45) is 7.05 Å². The highest BCUT2D eigenvalue weighted by molar-refractivity contribution is 5.30. The van der Waals surface area contributed by atoms with Crippen LogP contribution < -0.4 is 10.1 Å². The molecule has 0 spiro atoms. The van der Waals surface area contributed by atoms with Crippen LogP contribution in [0.1, 0.15) is 18.2 Å². The highest BCUT2D eigenvalue weighted by Gasteiger charge is 2.13. The van der Waals surface area contributed by atoms with E-state index in [1.54, 1.807) is 11.8 Å². The van der Waals surface area contributed by atoms with Gasteiger partial charge in [-0.05, 0) is 13.8 Å².